The second-order valence-corrected chi connectivity index (χ2v) is 6.77. The van der Waals surface area contributed by atoms with Crippen LogP contribution in [0.15, 0.2) is 15.5 Å². The Bertz CT molecular complexity index is 509. The summed E-state index contributed by atoms with van der Waals surface area (Å²) in [4.78, 5) is 12.1. The molecule has 0 amide bonds. The fraction of sp³-hybridized carbons (Fsp3) is 0.692. The highest BCUT2D eigenvalue weighted by Crippen LogP contribution is 2.30. The molecule has 1 aromatic heterocycles. The van der Waals surface area contributed by atoms with Gasteiger partial charge in [0.2, 0.25) is 0 Å². The van der Waals surface area contributed by atoms with Gasteiger partial charge >= 0.3 is 0 Å². The van der Waals surface area contributed by atoms with E-state index in [1.807, 2.05) is 13.8 Å². The predicted octanol–water partition coefficient (Wildman–Crippen LogP) is 1.85. The van der Waals surface area contributed by atoms with E-state index in [4.69, 9.17) is 0 Å². The van der Waals surface area contributed by atoms with Crippen molar-refractivity contribution in [2.45, 2.75) is 33.2 Å². The lowest BCUT2D eigenvalue weighted by Crippen LogP contribution is -2.29. The van der Waals surface area contributed by atoms with Crippen LogP contribution in [0.2, 0.25) is 0 Å². The highest BCUT2D eigenvalue weighted by Gasteiger charge is 2.23. The summed E-state index contributed by atoms with van der Waals surface area (Å²) in [5.41, 5.74) is 0.347. The minimum Gasteiger partial charge on any atom is -0.396 e. The van der Waals surface area contributed by atoms with E-state index in [1.165, 1.54) is 17.5 Å². The lowest BCUT2D eigenvalue weighted by molar-refractivity contribution is 0.171. The van der Waals surface area contributed by atoms with Gasteiger partial charge < -0.3 is 10.4 Å². The number of hydrogen-bond donors (Lipinski definition) is 2. The average molecular weight is 330 g/mol. The van der Waals surface area contributed by atoms with Crippen molar-refractivity contribution in [2.24, 2.45) is 11.3 Å². The summed E-state index contributed by atoms with van der Waals surface area (Å²) in [5, 5.41) is 16.6. The van der Waals surface area contributed by atoms with Crippen molar-refractivity contribution in [2.75, 3.05) is 18.5 Å². The van der Waals surface area contributed by atoms with Gasteiger partial charge in [-0.3, -0.25) is 4.79 Å². The molecule has 1 fully saturated rings. The number of aliphatic hydroxyl groups excluding tert-OH is 1. The summed E-state index contributed by atoms with van der Waals surface area (Å²) in [6.07, 6.45) is 4.05. The fourth-order valence-corrected chi connectivity index (χ4v) is 2.10. The van der Waals surface area contributed by atoms with E-state index in [-0.39, 0.29) is 17.6 Å². The molecule has 0 aliphatic heterocycles. The van der Waals surface area contributed by atoms with Gasteiger partial charge in [0, 0.05) is 25.1 Å². The first-order valence-electron chi connectivity index (χ1n) is 6.53. The summed E-state index contributed by atoms with van der Waals surface area (Å²) in [7, 11) is 0. The van der Waals surface area contributed by atoms with Gasteiger partial charge in [0.25, 0.3) is 5.56 Å². The van der Waals surface area contributed by atoms with Crippen molar-refractivity contribution in [3.8, 4) is 0 Å². The Morgan fingerprint density at radius 3 is 2.84 bits per heavy atom. The van der Waals surface area contributed by atoms with Crippen molar-refractivity contribution in [1.82, 2.24) is 9.78 Å². The lowest BCUT2D eigenvalue weighted by Gasteiger charge is -2.22. The van der Waals surface area contributed by atoms with E-state index in [2.05, 4.69) is 26.3 Å². The Labute approximate surface area is 121 Å². The molecule has 0 atom stereocenters. The summed E-state index contributed by atoms with van der Waals surface area (Å²) in [6.45, 7) is 5.28. The number of halogens is 1. The topological polar surface area (TPSA) is 67.2 Å². The van der Waals surface area contributed by atoms with Crippen LogP contribution in [0.5, 0.6) is 0 Å². The van der Waals surface area contributed by atoms with Gasteiger partial charge in [-0.05, 0) is 34.7 Å². The minimum atomic E-state index is -0.234. The SMILES string of the molecule is CC(C)(CO)CNc1cnn(CC2CC2)c(=O)c1Br. The van der Waals surface area contributed by atoms with Crippen LogP contribution < -0.4 is 10.9 Å². The van der Waals surface area contributed by atoms with E-state index in [9.17, 15) is 9.90 Å². The Morgan fingerprint density at radius 2 is 2.26 bits per heavy atom. The van der Waals surface area contributed by atoms with Crippen LogP contribution in [0.4, 0.5) is 5.69 Å². The summed E-state index contributed by atoms with van der Waals surface area (Å²) in [6, 6.07) is 0. The first-order chi connectivity index (χ1) is 8.93. The first kappa shape index (κ1) is 14.5. The molecule has 0 unspecified atom stereocenters. The van der Waals surface area contributed by atoms with Gasteiger partial charge in [0.1, 0.15) is 4.47 Å². The molecule has 2 rings (SSSR count). The molecule has 0 spiro atoms. The number of nitrogens with one attached hydrogen (secondary N) is 1. The summed E-state index contributed by atoms with van der Waals surface area (Å²) in [5.74, 6) is 0.615. The van der Waals surface area contributed by atoms with Crippen molar-refractivity contribution >= 4 is 21.6 Å². The monoisotopic (exact) mass is 329 g/mol. The van der Waals surface area contributed by atoms with Gasteiger partial charge in [-0.1, -0.05) is 13.8 Å². The number of nitrogens with zero attached hydrogens (tertiary/aromatic N) is 2. The molecule has 0 radical (unpaired) electrons. The Balaban J connectivity index is 2.09. The molecule has 1 aliphatic carbocycles. The first-order valence-corrected chi connectivity index (χ1v) is 7.32. The third kappa shape index (κ3) is 3.79. The molecule has 106 valence electrons. The number of rotatable bonds is 6. The smallest absolute Gasteiger partial charge is 0.283 e. The van der Waals surface area contributed by atoms with Crippen LogP contribution in [-0.2, 0) is 6.54 Å². The van der Waals surface area contributed by atoms with Crippen LogP contribution in [-0.4, -0.2) is 28.0 Å². The van der Waals surface area contributed by atoms with Crippen LogP contribution in [0.3, 0.4) is 0 Å². The third-order valence-electron chi connectivity index (χ3n) is 3.30. The van der Waals surface area contributed by atoms with Gasteiger partial charge in [0.15, 0.2) is 0 Å². The van der Waals surface area contributed by atoms with Crippen LogP contribution >= 0.6 is 15.9 Å². The van der Waals surface area contributed by atoms with Crippen molar-refractivity contribution in [3.63, 3.8) is 0 Å². The van der Waals surface area contributed by atoms with Crippen LogP contribution in [0, 0.1) is 11.3 Å². The van der Waals surface area contributed by atoms with E-state index in [0.29, 0.717) is 29.2 Å². The average Bonchev–Trinajstić information content (AvgIpc) is 3.18. The molecule has 1 saturated carbocycles. The molecule has 19 heavy (non-hydrogen) atoms. The highest BCUT2D eigenvalue weighted by atomic mass is 79.9. The molecule has 0 bridgehead atoms. The number of hydrogen-bond acceptors (Lipinski definition) is 4. The summed E-state index contributed by atoms with van der Waals surface area (Å²) >= 11 is 3.33. The number of aliphatic hydroxyl groups is 1. The normalized spacial score (nSPS) is 15.6. The van der Waals surface area contributed by atoms with E-state index >= 15 is 0 Å². The summed E-state index contributed by atoms with van der Waals surface area (Å²) < 4.78 is 2.03. The molecular formula is C13H20BrN3O2. The Kier molecular flexibility index (Phi) is 4.30. The van der Waals surface area contributed by atoms with Gasteiger partial charge in [0.05, 0.1) is 11.9 Å². The van der Waals surface area contributed by atoms with Gasteiger partial charge in [-0.15, -0.1) is 0 Å². The third-order valence-corrected chi connectivity index (χ3v) is 4.06. The van der Waals surface area contributed by atoms with E-state index < -0.39 is 0 Å². The second kappa shape index (κ2) is 5.63. The fourth-order valence-electron chi connectivity index (χ4n) is 1.65. The largest absolute Gasteiger partial charge is 0.396 e. The Morgan fingerprint density at radius 1 is 1.58 bits per heavy atom. The van der Waals surface area contributed by atoms with Crippen molar-refractivity contribution in [1.29, 1.82) is 0 Å². The zero-order valence-corrected chi connectivity index (χ0v) is 12.9. The van der Waals surface area contributed by atoms with E-state index in [0.717, 1.165) is 0 Å². The number of anilines is 1. The maximum atomic E-state index is 12.1. The quantitative estimate of drug-likeness (QED) is 0.835. The van der Waals surface area contributed by atoms with Crippen LogP contribution in [0.25, 0.3) is 0 Å². The number of aromatic nitrogens is 2. The van der Waals surface area contributed by atoms with E-state index in [1.54, 1.807) is 6.20 Å². The molecule has 1 aliphatic rings. The van der Waals surface area contributed by atoms with Crippen LogP contribution in [0.1, 0.15) is 26.7 Å². The lowest BCUT2D eigenvalue weighted by atomic mass is 9.95. The molecule has 2 N–H and O–H groups in total. The molecule has 1 heterocycles. The molecule has 0 saturated heterocycles. The van der Waals surface area contributed by atoms with Gasteiger partial charge in [-0.25, -0.2) is 4.68 Å². The standard InChI is InChI=1S/C13H20BrN3O2/c1-13(2,8-18)7-15-10-5-16-17(6-9-3-4-9)12(19)11(10)14/h5,9,15,18H,3-4,6-8H2,1-2H3. The zero-order chi connectivity index (χ0) is 14.0. The molecule has 6 heteroatoms. The molecule has 5 nitrogen and oxygen atoms in total. The second-order valence-electron chi connectivity index (χ2n) is 5.98. The minimum absolute atomic E-state index is 0.0871. The van der Waals surface area contributed by atoms with Crippen molar-refractivity contribution in [3.05, 3.63) is 21.0 Å². The molecule has 0 aromatic carbocycles. The molecular weight excluding hydrogens is 310 g/mol. The highest BCUT2D eigenvalue weighted by molar-refractivity contribution is 9.10. The van der Waals surface area contributed by atoms with Crippen molar-refractivity contribution < 1.29 is 5.11 Å². The maximum Gasteiger partial charge on any atom is 0.283 e. The Hall–Kier alpha value is -0.880. The maximum absolute atomic E-state index is 12.1. The predicted molar refractivity (Wildman–Crippen MR) is 78.3 cm³/mol. The van der Waals surface area contributed by atoms with Gasteiger partial charge in [-0.2, -0.15) is 5.10 Å². The molecule has 1 aromatic rings. The zero-order valence-electron chi connectivity index (χ0n) is 11.3.